The van der Waals surface area contributed by atoms with Crippen molar-refractivity contribution in [3.63, 3.8) is 0 Å². The summed E-state index contributed by atoms with van der Waals surface area (Å²) in [5, 5.41) is 4.26. The number of nitrogens with one attached hydrogen (secondary N) is 2. The Hall–Kier alpha value is -4.07. The van der Waals surface area contributed by atoms with E-state index < -0.39 is 11.8 Å². The number of carbonyl (C=O) groups is 2. The summed E-state index contributed by atoms with van der Waals surface area (Å²) >= 11 is 0. The van der Waals surface area contributed by atoms with Gasteiger partial charge in [0, 0.05) is 23.4 Å². The number of hydrazine groups is 1. The molecule has 3 rings (SSSR count). The first-order valence-electron chi connectivity index (χ1n) is 9.80. The minimum atomic E-state index is -0.476. The fraction of sp³-hybridized carbons (Fsp3) is 0.174. The molecule has 8 nitrogen and oxygen atoms in total. The highest BCUT2D eigenvalue weighted by Crippen LogP contribution is 2.28. The summed E-state index contributed by atoms with van der Waals surface area (Å²) in [6.45, 7) is 2.55. The third-order valence-electron chi connectivity index (χ3n) is 4.24. The third-order valence-corrected chi connectivity index (χ3v) is 4.24. The quantitative estimate of drug-likeness (QED) is 0.431. The zero-order valence-electron chi connectivity index (χ0n) is 17.4. The van der Waals surface area contributed by atoms with Gasteiger partial charge >= 0.3 is 0 Å². The van der Waals surface area contributed by atoms with E-state index in [-0.39, 0.29) is 0 Å². The number of carbonyl (C=O) groups excluding carboxylic acids is 2. The van der Waals surface area contributed by atoms with Crippen LogP contribution in [0.4, 0.5) is 0 Å². The van der Waals surface area contributed by atoms with Gasteiger partial charge in [-0.2, -0.15) is 5.10 Å². The fourth-order valence-corrected chi connectivity index (χ4v) is 2.69. The maximum Gasteiger partial charge on any atom is 0.269 e. The SMILES string of the molecule is CCCOc1ccc(C(=O)NNC(=O)/C=C/c2cnn(-c3ccccc3)c2)cc1OC. The number of aromatic nitrogens is 2. The van der Waals surface area contributed by atoms with Gasteiger partial charge < -0.3 is 9.47 Å². The molecule has 0 aliphatic rings. The topological polar surface area (TPSA) is 94.5 Å². The molecule has 0 spiro atoms. The summed E-state index contributed by atoms with van der Waals surface area (Å²) < 4.78 is 12.5. The minimum absolute atomic E-state index is 0.328. The van der Waals surface area contributed by atoms with Crippen LogP contribution in [0, 0.1) is 0 Å². The van der Waals surface area contributed by atoms with Crippen LogP contribution in [-0.4, -0.2) is 35.3 Å². The second kappa shape index (κ2) is 10.6. The molecule has 0 saturated heterocycles. The molecule has 0 radical (unpaired) electrons. The van der Waals surface area contributed by atoms with Crippen molar-refractivity contribution in [2.75, 3.05) is 13.7 Å². The van der Waals surface area contributed by atoms with Crippen LogP contribution in [0.25, 0.3) is 11.8 Å². The maximum absolute atomic E-state index is 12.3. The van der Waals surface area contributed by atoms with Crippen molar-refractivity contribution in [1.82, 2.24) is 20.6 Å². The molecule has 1 heterocycles. The average Bonchev–Trinajstić information content (AvgIpc) is 3.29. The molecule has 0 saturated carbocycles. The number of rotatable bonds is 8. The lowest BCUT2D eigenvalue weighted by molar-refractivity contribution is -0.117. The standard InChI is InChI=1S/C23H24N4O4/c1-3-13-31-20-11-10-18(14-21(20)30-2)23(29)26-25-22(28)12-9-17-15-24-27(16-17)19-7-5-4-6-8-19/h4-12,14-16H,3,13H2,1-2H3,(H,25,28)(H,26,29)/b12-9+. The van der Waals surface area contributed by atoms with Crippen molar-refractivity contribution in [1.29, 1.82) is 0 Å². The van der Waals surface area contributed by atoms with E-state index in [0.717, 1.165) is 17.7 Å². The summed E-state index contributed by atoms with van der Waals surface area (Å²) in [4.78, 5) is 24.4. The Morgan fingerprint density at radius 3 is 2.65 bits per heavy atom. The first kappa shape index (κ1) is 21.6. The second-order valence-electron chi connectivity index (χ2n) is 6.54. The van der Waals surface area contributed by atoms with Crippen LogP contribution in [0.1, 0.15) is 29.3 Å². The van der Waals surface area contributed by atoms with Crippen molar-refractivity contribution in [3.05, 3.63) is 78.1 Å². The van der Waals surface area contributed by atoms with Crippen LogP contribution in [0.2, 0.25) is 0 Å². The summed E-state index contributed by atoms with van der Waals surface area (Å²) in [5.41, 5.74) is 6.72. The van der Waals surface area contributed by atoms with E-state index in [9.17, 15) is 9.59 Å². The van der Waals surface area contributed by atoms with Gasteiger partial charge in [-0.1, -0.05) is 25.1 Å². The van der Waals surface area contributed by atoms with Crippen molar-refractivity contribution < 1.29 is 19.1 Å². The Labute approximate surface area is 180 Å². The number of nitrogens with zero attached hydrogens (tertiary/aromatic N) is 2. The van der Waals surface area contributed by atoms with Crippen molar-refractivity contribution in [2.45, 2.75) is 13.3 Å². The molecule has 2 amide bonds. The molecule has 0 atom stereocenters. The van der Waals surface area contributed by atoms with Crippen molar-refractivity contribution in [3.8, 4) is 17.2 Å². The largest absolute Gasteiger partial charge is 0.493 e. The van der Waals surface area contributed by atoms with E-state index in [4.69, 9.17) is 9.47 Å². The van der Waals surface area contributed by atoms with Gasteiger partial charge in [-0.15, -0.1) is 0 Å². The van der Waals surface area contributed by atoms with E-state index >= 15 is 0 Å². The Morgan fingerprint density at radius 1 is 1.10 bits per heavy atom. The van der Waals surface area contributed by atoms with Gasteiger partial charge in [0.2, 0.25) is 0 Å². The van der Waals surface area contributed by atoms with E-state index in [0.29, 0.717) is 23.7 Å². The highest BCUT2D eigenvalue weighted by Gasteiger charge is 2.11. The van der Waals surface area contributed by atoms with Crippen LogP contribution < -0.4 is 20.3 Å². The smallest absolute Gasteiger partial charge is 0.269 e. The number of benzene rings is 2. The molecule has 0 fully saturated rings. The van der Waals surface area contributed by atoms with Crippen molar-refractivity contribution in [2.24, 2.45) is 0 Å². The van der Waals surface area contributed by atoms with Crippen molar-refractivity contribution >= 4 is 17.9 Å². The number of para-hydroxylation sites is 1. The van der Waals surface area contributed by atoms with E-state index in [1.807, 2.05) is 37.3 Å². The zero-order valence-corrected chi connectivity index (χ0v) is 17.4. The van der Waals surface area contributed by atoms with Gasteiger partial charge in [0.25, 0.3) is 11.8 Å². The summed E-state index contributed by atoms with van der Waals surface area (Å²) in [6, 6.07) is 14.4. The number of hydrogen-bond acceptors (Lipinski definition) is 5. The molecule has 2 N–H and O–H groups in total. The van der Waals surface area contributed by atoms with Crippen LogP contribution >= 0.6 is 0 Å². The highest BCUT2D eigenvalue weighted by atomic mass is 16.5. The van der Waals surface area contributed by atoms with Gasteiger partial charge in [0.1, 0.15) is 0 Å². The molecule has 160 valence electrons. The molecule has 2 aromatic carbocycles. The van der Waals surface area contributed by atoms with Crippen LogP contribution in [0.5, 0.6) is 11.5 Å². The van der Waals surface area contributed by atoms with E-state index in [2.05, 4.69) is 16.0 Å². The summed E-state index contributed by atoms with van der Waals surface area (Å²) in [6.07, 6.45) is 7.22. The third kappa shape index (κ3) is 5.96. The number of ether oxygens (including phenoxy) is 2. The molecular formula is C23H24N4O4. The monoisotopic (exact) mass is 420 g/mol. The highest BCUT2D eigenvalue weighted by molar-refractivity contribution is 5.98. The molecule has 8 heteroatoms. The number of hydrogen-bond donors (Lipinski definition) is 2. The number of methoxy groups -OCH3 is 1. The average molecular weight is 420 g/mol. The fourth-order valence-electron chi connectivity index (χ4n) is 2.69. The minimum Gasteiger partial charge on any atom is -0.493 e. The Morgan fingerprint density at radius 2 is 1.90 bits per heavy atom. The lowest BCUT2D eigenvalue weighted by Crippen LogP contribution is -2.40. The van der Waals surface area contributed by atoms with Gasteiger partial charge in [-0.25, -0.2) is 4.68 Å². The predicted molar refractivity (Wildman–Crippen MR) is 117 cm³/mol. The molecule has 3 aromatic rings. The van der Waals surface area contributed by atoms with Gasteiger partial charge in [0.15, 0.2) is 11.5 Å². The number of amides is 2. The molecule has 0 unspecified atom stereocenters. The first-order valence-corrected chi connectivity index (χ1v) is 9.80. The lowest BCUT2D eigenvalue weighted by Gasteiger charge is -2.11. The summed E-state index contributed by atoms with van der Waals surface area (Å²) in [7, 11) is 1.50. The Balaban J connectivity index is 1.54. The summed E-state index contributed by atoms with van der Waals surface area (Å²) in [5.74, 6) is 0.0568. The molecule has 0 bridgehead atoms. The Bertz CT molecular complexity index is 1060. The lowest BCUT2D eigenvalue weighted by atomic mass is 10.2. The van der Waals surface area contributed by atoms with Gasteiger partial charge in [-0.05, 0) is 42.8 Å². The van der Waals surface area contributed by atoms with E-state index in [1.54, 1.807) is 41.4 Å². The van der Waals surface area contributed by atoms with E-state index in [1.165, 1.54) is 13.2 Å². The molecule has 0 aliphatic heterocycles. The molecule has 1 aromatic heterocycles. The molecular weight excluding hydrogens is 396 g/mol. The first-order chi connectivity index (χ1) is 15.1. The Kier molecular flexibility index (Phi) is 7.42. The van der Waals surface area contributed by atoms with Gasteiger partial charge in [0.05, 0.1) is 25.6 Å². The molecule has 31 heavy (non-hydrogen) atoms. The van der Waals surface area contributed by atoms with Crippen LogP contribution in [0.15, 0.2) is 67.0 Å². The van der Waals surface area contributed by atoms with Crippen LogP contribution in [0.3, 0.4) is 0 Å². The predicted octanol–water partition coefficient (Wildman–Crippen LogP) is 3.14. The normalized spacial score (nSPS) is 10.6. The van der Waals surface area contributed by atoms with Crippen LogP contribution in [-0.2, 0) is 4.79 Å². The zero-order chi connectivity index (χ0) is 22.1. The molecule has 0 aliphatic carbocycles. The second-order valence-corrected chi connectivity index (χ2v) is 6.54. The maximum atomic E-state index is 12.3. The van der Waals surface area contributed by atoms with Gasteiger partial charge in [-0.3, -0.25) is 20.4 Å².